The Morgan fingerprint density at radius 3 is 2.27 bits per heavy atom. The standard InChI is InChI=1S/C20H24N4O5S/c1-16(23(30(2,28)29)18-9-6-10-19(15-18)24(26)27)20(25)22-13-11-21(12-14-22)17-7-4-3-5-8-17/h3-10,15-16H,11-14H2,1-2H3. The first kappa shape index (κ1) is 21.6. The van der Waals surface area contributed by atoms with E-state index in [0.717, 1.165) is 22.3 Å². The van der Waals surface area contributed by atoms with Crippen molar-refractivity contribution in [3.05, 3.63) is 64.7 Å². The molecule has 1 unspecified atom stereocenters. The summed E-state index contributed by atoms with van der Waals surface area (Å²) >= 11 is 0. The quantitative estimate of drug-likeness (QED) is 0.511. The molecule has 0 bridgehead atoms. The van der Waals surface area contributed by atoms with Gasteiger partial charge in [0.2, 0.25) is 15.9 Å². The zero-order valence-electron chi connectivity index (χ0n) is 16.8. The van der Waals surface area contributed by atoms with E-state index in [1.165, 1.54) is 25.1 Å². The molecular formula is C20H24N4O5S. The van der Waals surface area contributed by atoms with Gasteiger partial charge in [0.15, 0.2) is 0 Å². The number of para-hydroxylation sites is 1. The summed E-state index contributed by atoms with van der Waals surface area (Å²) in [6, 6.07) is 14.1. The molecule has 10 heteroatoms. The Labute approximate surface area is 175 Å². The minimum absolute atomic E-state index is 0.0930. The van der Waals surface area contributed by atoms with Crippen molar-refractivity contribution < 1.29 is 18.1 Å². The number of amides is 1. The second-order valence-electron chi connectivity index (χ2n) is 7.16. The van der Waals surface area contributed by atoms with Crippen molar-refractivity contribution in [2.24, 2.45) is 0 Å². The van der Waals surface area contributed by atoms with Crippen LogP contribution in [-0.2, 0) is 14.8 Å². The Bertz CT molecular complexity index is 1020. The first-order valence-electron chi connectivity index (χ1n) is 9.51. The lowest BCUT2D eigenvalue weighted by Crippen LogP contribution is -2.55. The number of piperazine rings is 1. The first-order valence-corrected chi connectivity index (χ1v) is 11.4. The minimum atomic E-state index is -3.84. The van der Waals surface area contributed by atoms with Crippen LogP contribution in [0.4, 0.5) is 17.1 Å². The maximum atomic E-state index is 13.1. The third-order valence-electron chi connectivity index (χ3n) is 5.07. The van der Waals surface area contributed by atoms with Gasteiger partial charge in [-0.1, -0.05) is 24.3 Å². The summed E-state index contributed by atoms with van der Waals surface area (Å²) in [6.07, 6.45) is 0.989. The lowest BCUT2D eigenvalue weighted by Gasteiger charge is -2.39. The van der Waals surface area contributed by atoms with Gasteiger partial charge >= 0.3 is 0 Å². The molecule has 0 radical (unpaired) electrons. The number of hydrogen-bond donors (Lipinski definition) is 0. The number of hydrogen-bond acceptors (Lipinski definition) is 6. The van der Waals surface area contributed by atoms with E-state index in [0.29, 0.717) is 26.2 Å². The second-order valence-corrected chi connectivity index (χ2v) is 9.02. The monoisotopic (exact) mass is 432 g/mol. The van der Waals surface area contributed by atoms with Crippen molar-refractivity contribution in [3.8, 4) is 0 Å². The van der Waals surface area contributed by atoms with Gasteiger partial charge < -0.3 is 9.80 Å². The van der Waals surface area contributed by atoms with Crippen LogP contribution in [0.2, 0.25) is 0 Å². The van der Waals surface area contributed by atoms with E-state index in [4.69, 9.17) is 0 Å². The predicted molar refractivity (Wildman–Crippen MR) is 115 cm³/mol. The number of sulfonamides is 1. The molecule has 0 aliphatic carbocycles. The van der Waals surface area contributed by atoms with Gasteiger partial charge in [-0.3, -0.25) is 19.2 Å². The molecule has 0 saturated carbocycles. The van der Waals surface area contributed by atoms with Crippen LogP contribution in [0.3, 0.4) is 0 Å². The van der Waals surface area contributed by atoms with Gasteiger partial charge in [0, 0.05) is 44.0 Å². The summed E-state index contributed by atoms with van der Waals surface area (Å²) < 4.78 is 25.9. The third-order valence-corrected chi connectivity index (χ3v) is 6.32. The van der Waals surface area contributed by atoms with Crippen LogP contribution in [0, 0.1) is 10.1 Å². The summed E-state index contributed by atoms with van der Waals surface area (Å²) in [5.74, 6) is -0.334. The lowest BCUT2D eigenvalue weighted by molar-refractivity contribution is -0.384. The van der Waals surface area contributed by atoms with E-state index in [1.54, 1.807) is 4.90 Å². The molecule has 1 aliphatic heterocycles. The van der Waals surface area contributed by atoms with Crippen molar-refractivity contribution in [2.75, 3.05) is 41.6 Å². The van der Waals surface area contributed by atoms with Crippen LogP contribution >= 0.6 is 0 Å². The largest absolute Gasteiger partial charge is 0.368 e. The van der Waals surface area contributed by atoms with Crippen molar-refractivity contribution in [2.45, 2.75) is 13.0 Å². The van der Waals surface area contributed by atoms with Gasteiger partial charge in [-0.25, -0.2) is 8.42 Å². The predicted octanol–water partition coefficient (Wildman–Crippen LogP) is 2.10. The molecule has 0 N–H and O–H groups in total. The number of carbonyl (C=O) groups excluding carboxylic acids is 1. The average molecular weight is 433 g/mol. The van der Waals surface area contributed by atoms with Crippen molar-refractivity contribution >= 4 is 33.0 Å². The summed E-state index contributed by atoms with van der Waals surface area (Å²) in [7, 11) is -3.84. The number of anilines is 2. The molecule has 3 rings (SSSR count). The highest BCUT2D eigenvalue weighted by Crippen LogP contribution is 2.26. The van der Waals surface area contributed by atoms with E-state index in [1.807, 2.05) is 30.3 Å². The zero-order chi connectivity index (χ0) is 21.9. The molecule has 2 aromatic carbocycles. The van der Waals surface area contributed by atoms with E-state index in [2.05, 4.69) is 4.90 Å². The number of carbonyl (C=O) groups is 1. The van der Waals surface area contributed by atoms with E-state index in [9.17, 15) is 23.3 Å². The second kappa shape index (κ2) is 8.70. The van der Waals surface area contributed by atoms with Crippen molar-refractivity contribution in [3.63, 3.8) is 0 Å². The van der Waals surface area contributed by atoms with E-state index < -0.39 is 21.0 Å². The number of benzene rings is 2. The molecule has 30 heavy (non-hydrogen) atoms. The van der Waals surface area contributed by atoms with Crippen LogP contribution in [0.25, 0.3) is 0 Å². The zero-order valence-corrected chi connectivity index (χ0v) is 17.7. The summed E-state index contributed by atoms with van der Waals surface area (Å²) in [5, 5.41) is 11.1. The van der Waals surface area contributed by atoms with E-state index >= 15 is 0 Å². The summed E-state index contributed by atoms with van der Waals surface area (Å²) in [5.41, 5.74) is 0.930. The maximum Gasteiger partial charge on any atom is 0.271 e. The smallest absolute Gasteiger partial charge is 0.271 e. The molecule has 1 heterocycles. The van der Waals surface area contributed by atoms with Crippen LogP contribution in [0.1, 0.15) is 6.92 Å². The number of nitro groups is 1. The maximum absolute atomic E-state index is 13.1. The molecule has 160 valence electrons. The minimum Gasteiger partial charge on any atom is -0.368 e. The van der Waals surface area contributed by atoms with Crippen molar-refractivity contribution in [1.82, 2.24) is 4.90 Å². The fourth-order valence-electron chi connectivity index (χ4n) is 3.63. The van der Waals surface area contributed by atoms with Crippen LogP contribution in [0.5, 0.6) is 0 Å². The molecule has 1 amide bonds. The van der Waals surface area contributed by atoms with Gasteiger partial charge in [0.05, 0.1) is 16.9 Å². The SMILES string of the molecule is CC(C(=O)N1CCN(c2ccccc2)CC1)N(c1cccc([N+](=O)[O-])c1)S(C)(=O)=O. The number of nitrogens with zero attached hydrogens (tertiary/aromatic N) is 4. The molecule has 1 saturated heterocycles. The van der Waals surface area contributed by atoms with E-state index in [-0.39, 0.29) is 17.3 Å². The number of non-ortho nitro benzene ring substituents is 1. The Kier molecular flexibility index (Phi) is 6.25. The molecular weight excluding hydrogens is 408 g/mol. The number of rotatable bonds is 6. The van der Waals surface area contributed by atoms with Gasteiger partial charge in [0.1, 0.15) is 6.04 Å². The van der Waals surface area contributed by atoms with Gasteiger partial charge in [-0.15, -0.1) is 0 Å². The van der Waals surface area contributed by atoms with Crippen LogP contribution in [-0.4, -0.2) is 62.6 Å². The highest BCUT2D eigenvalue weighted by atomic mass is 32.2. The highest BCUT2D eigenvalue weighted by molar-refractivity contribution is 7.92. The number of nitro benzene ring substituents is 1. The molecule has 9 nitrogen and oxygen atoms in total. The lowest BCUT2D eigenvalue weighted by atomic mass is 10.2. The Hall–Kier alpha value is -3.14. The fraction of sp³-hybridized carbons (Fsp3) is 0.350. The molecule has 2 aromatic rings. The molecule has 0 spiro atoms. The average Bonchev–Trinajstić information content (AvgIpc) is 2.73. The topological polar surface area (TPSA) is 104 Å². The van der Waals surface area contributed by atoms with Gasteiger partial charge in [-0.2, -0.15) is 0 Å². The normalized spacial score (nSPS) is 15.5. The Balaban J connectivity index is 1.77. The third kappa shape index (κ3) is 4.70. The summed E-state index contributed by atoms with van der Waals surface area (Å²) in [4.78, 5) is 27.4. The van der Waals surface area contributed by atoms with Crippen molar-refractivity contribution in [1.29, 1.82) is 0 Å². The fourth-order valence-corrected chi connectivity index (χ4v) is 4.80. The summed E-state index contributed by atoms with van der Waals surface area (Å²) in [6.45, 7) is 3.71. The molecule has 1 fully saturated rings. The molecule has 0 aromatic heterocycles. The van der Waals surface area contributed by atoms with Crippen LogP contribution in [0.15, 0.2) is 54.6 Å². The first-order chi connectivity index (χ1) is 14.2. The Morgan fingerprint density at radius 1 is 1.07 bits per heavy atom. The molecule has 1 aliphatic rings. The van der Waals surface area contributed by atoms with Gasteiger partial charge in [0.25, 0.3) is 5.69 Å². The van der Waals surface area contributed by atoms with Gasteiger partial charge in [-0.05, 0) is 25.1 Å². The highest BCUT2D eigenvalue weighted by Gasteiger charge is 2.34. The van der Waals surface area contributed by atoms with Crippen LogP contribution < -0.4 is 9.21 Å². The molecule has 1 atom stereocenters. The Morgan fingerprint density at radius 2 is 1.70 bits per heavy atom.